The summed E-state index contributed by atoms with van der Waals surface area (Å²) in [6.45, 7) is 2.28. The summed E-state index contributed by atoms with van der Waals surface area (Å²) in [4.78, 5) is 16.3. The maximum atomic E-state index is 12.5. The van der Waals surface area contributed by atoms with Crippen molar-refractivity contribution in [2.75, 3.05) is 6.56 Å². The Balaban J connectivity index is 2.19. The van der Waals surface area contributed by atoms with Crippen molar-refractivity contribution in [2.45, 2.75) is 51.1 Å². The quantitative estimate of drug-likeness (QED) is 0.532. The van der Waals surface area contributed by atoms with Crippen LogP contribution in [0.4, 0.5) is 0 Å². The molecule has 1 aliphatic heterocycles. The van der Waals surface area contributed by atoms with Gasteiger partial charge in [0.1, 0.15) is 30.1 Å². The monoisotopic (exact) mass is 392 g/mol. The number of carbonyl (C=O) groups excluding carboxylic acids is 1. The molecule has 28 heavy (non-hydrogen) atoms. The Labute approximate surface area is 165 Å². The smallest absolute Gasteiger partial charge is 0.306 e. The Bertz CT molecular complexity index is 1110. The van der Waals surface area contributed by atoms with Gasteiger partial charge in [-0.25, -0.2) is 4.98 Å². The summed E-state index contributed by atoms with van der Waals surface area (Å²) in [5.41, 5.74) is -3.18. The molecule has 0 amide bonds. The summed E-state index contributed by atoms with van der Waals surface area (Å²) in [6, 6.07) is 2.79. The molecule has 1 fully saturated rings. The van der Waals surface area contributed by atoms with Crippen LogP contribution in [0.3, 0.4) is 0 Å². The van der Waals surface area contributed by atoms with Gasteiger partial charge in [0.2, 0.25) is 5.60 Å². The third kappa shape index (κ3) is 3.28. The van der Waals surface area contributed by atoms with Crippen LogP contribution in [-0.2, 0) is 19.9 Å². The molecule has 1 saturated heterocycles. The topological polar surface area (TPSA) is 157 Å². The molecule has 1 aliphatic rings. The molecule has 0 spiro atoms. The number of ether oxygens (including phenoxy) is 2. The largest absolute Gasteiger partial charge is 0.455 e. The number of aliphatic hydroxyl groups is 2. The van der Waals surface area contributed by atoms with E-state index in [2.05, 4.69) is 10.1 Å². The summed E-state index contributed by atoms with van der Waals surface area (Å²) in [7, 11) is 0. The lowest BCUT2D eigenvalue weighted by atomic mass is 9.90. The zero-order chi connectivity index (χ0) is 23.4. The van der Waals surface area contributed by atoms with Crippen LogP contribution in [0.2, 0.25) is 0 Å². The highest BCUT2D eigenvalue weighted by Crippen LogP contribution is 2.42. The molecule has 150 valence electrons. The maximum absolute atomic E-state index is 12.5. The Morgan fingerprint density at radius 1 is 1.68 bits per heavy atom. The Kier molecular flexibility index (Phi) is 4.07. The third-order valence-electron chi connectivity index (χ3n) is 4.36. The minimum absolute atomic E-state index is 0.0135. The van der Waals surface area contributed by atoms with Crippen LogP contribution in [0.5, 0.6) is 0 Å². The van der Waals surface area contributed by atoms with Crippen molar-refractivity contribution in [2.24, 2.45) is 5.41 Å². The van der Waals surface area contributed by atoms with Gasteiger partial charge in [0.05, 0.1) is 22.8 Å². The summed E-state index contributed by atoms with van der Waals surface area (Å²) in [6.07, 6.45) is -4.50. The fourth-order valence-corrected chi connectivity index (χ4v) is 3.14. The molecule has 10 nitrogen and oxygen atoms in total. The van der Waals surface area contributed by atoms with Gasteiger partial charge < -0.3 is 19.7 Å². The minimum atomic E-state index is -3.07. The van der Waals surface area contributed by atoms with Gasteiger partial charge in [-0.1, -0.05) is 20.8 Å². The van der Waals surface area contributed by atoms with Gasteiger partial charge in [-0.05, 0) is 17.5 Å². The first-order chi connectivity index (χ1) is 14.2. The van der Waals surface area contributed by atoms with Crippen LogP contribution >= 0.6 is 0 Å². The first-order valence-electron chi connectivity index (χ1n) is 10.0. The molecule has 10 heteroatoms. The number of rotatable bonds is 4. The average Bonchev–Trinajstić information content (AvgIpc) is 3.10. The van der Waals surface area contributed by atoms with Crippen LogP contribution in [0, 0.1) is 22.2 Å². The van der Waals surface area contributed by atoms with E-state index >= 15 is 0 Å². The molecule has 0 bridgehead atoms. The molecule has 2 aromatic rings. The van der Waals surface area contributed by atoms with Crippen LogP contribution in [0.15, 0.2) is 18.4 Å². The predicted molar refractivity (Wildman–Crippen MR) is 94.6 cm³/mol. The van der Waals surface area contributed by atoms with Crippen molar-refractivity contribution in [3.8, 4) is 6.07 Å². The van der Waals surface area contributed by atoms with Crippen molar-refractivity contribution in [3.63, 3.8) is 0 Å². The normalized spacial score (nSPS) is 29.7. The van der Waals surface area contributed by atoms with Gasteiger partial charge in [0, 0.05) is 0 Å². The third-order valence-corrected chi connectivity index (χ3v) is 4.36. The number of H-pyrrole nitrogens is 1. The molecular weight excluding hydrogens is 366 g/mol. The predicted octanol–water partition coefficient (Wildman–Crippen LogP) is -0.0393. The van der Waals surface area contributed by atoms with Gasteiger partial charge in [0.15, 0.2) is 11.6 Å². The van der Waals surface area contributed by atoms with E-state index in [1.807, 2.05) is 6.07 Å². The van der Waals surface area contributed by atoms with E-state index in [9.17, 15) is 20.3 Å². The van der Waals surface area contributed by atoms with Crippen molar-refractivity contribution in [1.82, 2.24) is 14.6 Å². The highest BCUT2D eigenvalue weighted by molar-refractivity contribution is 5.70. The number of nitriles is 1. The number of esters is 1. The number of hydrogen-bond donors (Lipinski definition) is 4. The SMILES string of the molecule is [2H]c1cc([C@]2(C#N)O[C@H](C([2H])([2H])O)[C@@H](O)[C@H]2OC(=O)CC(C)(C)C)n2[nH]cnc(=N)c12. The molecule has 4 N–H and O–H groups in total. The van der Waals surface area contributed by atoms with E-state index in [1.165, 1.54) is 6.07 Å². The van der Waals surface area contributed by atoms with Crippen LogP contribution in [-0.4, -0.2) is 55.7 Å². The number of aromatic amines is 1. The first-order valence-corrected chi connectivity index (χ1v) is 8.51. The van der Waals surface area contributed by atoms with Crippen molar-refractivity contribution in [1.29, 1.82) is 10.7 Å². The lowest BCUT2D eigenvalue weighted by Crippen LogP contribution is -2.44. The van der Waals surface area contributed by atoms with E-state index in [4.69, 9.17) is 19.0 Å². The van der Waals surface area contributed by atoms with Crippen LogP contribution in [0.25, 0.3) is 5.52 Å². The van der Waals surface area contributed by atoms with Gasteiger partial charge in [0.25, 0.3) is 0 Å². The molecule has 0 unspecified atom stereocenters. The van der Waals surface area contributed by atoms with Gasteiger partial charge in [-0.15, -0.1) is 0 Å². The number of aromatic nitrogens is 3. The Morgan fingerprint density at radius 3 is 3.00 bits per heavy atom. The summed E-state index contributed by atoms with van der Waals surface area (Å²) in [5.74, 6) is -0.766. The molecule has 3 rings (SSSR count). The van der Waals surface area contributed by atoms with E-state index in [-0.39, 0.29) is 29.2 Å². The zero-order valence-electron chi connectivity index (χ0n) is 18.6. The van der Waals surface area contributed by atoms with E-state index in [1.54, 1.807) is 20.8 Å². The summed E-state index contributed by atoms with van der Waals surface area (Å²) < 4.78 is 35.4. The second-order valence-electron chi connectivity index (χ2n) is 7.75. The highest BCUT2D eigenvalue weighted by Gasteiger charge is 2.60. The van der Waals surface area contributed by atoms with Gasteiger partial charge in [-0.2, -0.15) is 5.26 Å². The van der Waals surface area contributed by atoms with E-state index < -0.39 is 41.9 Å². The van der Waals surface area contributed by atoms with Crippen LogP contribution < -0.4 is 5.49 Å². The number of nitrogens with zero attached hydrogens (tertiary/aromatic N) is 3. The molecule has 3 heterocycles. The molecule has 4 atom stereocenters. The van der Waals surface area contributed by atoms with Crippen molar-refractivity contribution < 1.29 is 28.6 Å². The Hall–Kier alpha value is -2.74. The van der Waals surface area contributed by atoms with E-state index in [0.717, 1.165) is 10.8 Å². The molecule has 0 radical (unpaired) electrons. The van der Waals surface area contributed by atoms with Crippen molar-refractivity contribution >= 4 is 11.5 Å². The maximum Gasteiger partial charge on any atom is 0.306 e. The number of nitrogens with one attached hydrogen (secondary N) is 2. The van der Waals surface area contributed by atoms with Crippen LogP contribution in [0.1, 0.15) is 37.0 Å². The molecule has 2 aromatic heterocycles. The fraction of sp³-hybridized carbons (Fsp3) is 0.556. The number of aliphatic hydroxyl groups excluding tert-OH is 1. The second kappa shape index (κ2) is 7.01. The average molecular weight is 392 g/mol. The molecule has 0 aliphatic carbocycles. The number of hydrogen-bond acceptors (Lipinski definition) is 8. The number of fused-ring (bicyclic) bond motifs is 1. The molecular formula is C18H23N5O5. The summed E-state index contributed by atoms with van der Waals surface area (Å²) in [5, 5.41) is 41.3. The lowest BCUT2D eigenvalue weighted by Gasteiger charge is -2.29. The molecule has 0 aromatic carbocycles. The summed E-state index contributed by atoms with van der Waals surface area (Å²) >= 11 is 0. The first kappa shape index (κ1) is 16.2. The number of carbonyl (C=O) groups is 1. The van der Waals surface area contributed by atoms with Crippen molar-refractivity contribution in [3.05, 3.63) is 29.6 Å². The van der Waals surface area contributed by atoms with Gasteiger partial charge >= 0.3 is 5.97 Å². The standard InChI is InChI=1S/C18H23N5O5/c1-17(2,3)6-13(25)27-15-14(26)11(7-24)28-18(15,8-19)12-5-4-10-16(20)21-9-22-23(10)12/h4-5,9,11,14-15,24,26H,6-7H2,1-3H3,(H2,20,21,22)/t11-,14-,15-,18+/m1/s1/i4D,7D2. The van der Waals surface area contributed by atoms with Gasteiger partial charge in [-0.3, -0.25) is 19.8 Å². The second-order valence-corrected chi connectivity index (χ2v) is 7.75. The fourth-order valence-electron chi connectivity index (χ4n) is 3.14. The molecule has 0 saturated carbocycles. The lowest BCUT2D eigenvalue weighted by molar-refractivity contribution is -0.162. The minimum Gasteiger partial charge on any atom is -0.455 e. The van der Waals surface area contributed by atoms with E-state index in [0.29, 0.717) is 0 Å². The zero-order valence-corrected chi connectivity index (χ0v) is 15.6. The highest BCUT2D eigenvalue weighted by atomic mass is 16.6. The Morgan fingerprint density at radius 2 is 2.39 bits per heavy atom.